The second-order valence-electron chi connectivity index (χ2n) is 6.16. The maximum Gasteiger partial charge on any atom is 0.315 e. The van der Waals surface area contributed by atoms with Crippen molar-refractivity contribution in [2.75, 3.05) is 24.5 Å². The highest BCUT2D eigenvalue weighted by atomic mass is 19.3. The number of carbonyl (C=O) groups is 1. The molecule has 0 bridgehead atoms. The number of aromatic nitrogens is 1. The summed E-state index contributed by atoms with van der Waals surface area (Å²) >= 11 is 0. The molecule has 0 spiro atoms. The molecule has 1 aliphatic heterocycles. The minimum absolute atomic E-state index is 0.153. The zero-order valence-corrected chi connectivity index (χ0v) is 14.0. The maximum absolute atomic E-state index is 14.1. The Morgan fingerprint density at radius 1 is 1.27 bits per heavy atom. The molecule has 138 valence electrons. The average molecular weight is 364 g/mol. The Hall–Kier alpha value is -2.77. The Morgan fingerprint density at radius 2 is 2.12 bits per heavy atom. The standard InChI is InChI=1S/C18H19F3N4O/c19-14-5-3-4-13(10-14)18(20,21)12-23-17(26)24-15-7-9-25(11-15)16-6-1-2-8-22-16/h1-6,8,10,15H,7,9,11-12H2,(H2,23,24,26). The number of alkyl halides is 2. The number of pyridine rings is 1. The van der Waals surface area contributed by atoms with Gasteiger partial charge in [0.2, 0.25) is 0 Å². The number of amides is 2. The molecule has 0 radical (unpaired) electrons. The molecular formula is C18H19F3N4O. The van der Waals surface area contributed by atoms with E-state index in [-0.39, 0.29) is 6.04 Å². The van der Waals surface area contributed by atoms with E-state index in [2.05, 4.69) is 15.6 Å². The van der Waals surface area contributed by atoms with Crippen LogP contribution in [0.2, 0.25) is 0 Å². The molecule has 1 saturated heterocycles. The Kier molecular flexibility index (Phi) is 5.29. The summed E-state index contributed by atoms with van der Waals surface area (Å²) in [5.74, 6) is -3.28. The molecule has 1 atom stereocenters. The zero-order valence-electron chi connectivity index (χ0n) is 14.0. The van der Waals surface area contributed by atoms with E-state index in [0.29, 0.717) is 13.0 Å². The SMILES string of the molecule is O=C(NCC(F)(F)c1cccc(F)c1)NC1CCN(c2ccccn2)C1. The molecule has 0 saturated carbocycles. The molecule has 1 fully saturated rings. The first kappa shape index (κ1) is 18.0. The first-order chi connectivity index (χ1) is 12.4. The molecule has 2 heterocycles. The van der Waals surface area contributed by atoms with Gasteiger partial charge < -0.3 is 15.5 Å². The van der Waals surface area contributed by atoms with Crippen molar-refractivity contribution in [2.24, 2.45) is 0 Å². The largest absolute Gasteiger partial charge is 0.354 e. The fraction of sp³-hybridized carbons (Fsp3) is 0.333. The maximum atomic E-state index is 14.1. The molecule has 1 aromatic carbocycles. The highest BCUT2D eigenvalue weighted by Crippen LogP contribution is 2.27. The van der Waals surface area contributed by atoms with Crippen molar-refractivity contribution in [2.45, 2.75) is 18.4 Å². The number of hydrogen-bond acceptors (Lipinski definition) is 3. The zero-order chi connectivity index (χ0) is 18.6. The van der Waals surface area contributed by atoms with Crippen LogP contribution in [-0.2, 0) is 5.92 Å². The first-order valence-corrected chi connectivity index (χ1v) is 8.28. The molecule has 2 amide bonds. The van der Waals surface area contributed by atoms with Crippen LogP contribution in [0, 0.1) is 5.82 Å². The number of hydrogen-bond donors (Lipinski definition) is 2. The quantitative estimate of drug-likeness (QED) is 0.858. The van der Waals surface area contributed by atoms with Gasteiger partial charge in [0, 0.05) is 30.9 Å². The lowest BCUT2D eigenvalue weighted by Gasteiger charge is -2.20. The van der Waals surface area contributed by atoms with Crippen LogP contribution >= 0.6 is 0 Å². The molecule has 1 aliphatic rings. The second-order valence-corrected chi connectivity index (χ2v) is 6.16. The number of carbonyl (C=O) groups excluding carboxylic acids is 1. The van der Waals surface area contributed by atoms with Crippen molar-refractivity contribution in [3.63, 3.8) is 0 Å². The smallest absolute Gasteiger partial charge is 0.315 e. The van der Waals surface area contributed by atoms with Gasteiger partial charge in [0.15, 0.2) is 0 Å². The van der Waals surface area contributed by atoms with Crippen molar-refractivity contribution in [3.8, 4) is 0 Å². The first-order valence-electron chi connectivity index (χ1n) is 8.28. The van der Waals surface area contributed by atoms with E-state index < -0.39 is 29.9 Å². The van der Waals surface area contributed by atoms with Gasteiger partial charge in [-0.3, -0.25) is 0 Å². The summed E-state index contributed by atoms with van der Waals surface area (Å²) < 4.78 is 41.2. The fourth-order valence-corrected chi connectivity index (χ4v) is 2.87. The number of anilines is 1. The summed E-state index contributed by atoms with van der Waals surface area (Å²) in [7, 11) is 0. The lowest BCUT2D eigenvalue weighted by Crippen LogP contribution is -2.46. The van der Waals surface area contributed by atoms with Crippen molar-refractivity contribution < 1.29 is 18.0 Å². The highest BCUT2D eigenvalue weighted by Gasteiger charge is 2.33. The summed E-state index contributed by atoms with van der Waals surface area (Å²) in [5, 5.41) is 4.85. The lowest BCUT2D eigenvalue weighted by atomic mass is 10.1. The Balaban J connectivity index is 1.49. The van der Waals surface area contributed by atoms with Gasteiger partial charge in [-0.15, -0.1) is 0 Å². The highest BCUT2D eigenvalue weighted by molar-refractivity contribution is 5.74. The predicted molar refractivity (Wildman–Crippen MR) is 91.7 cm³/mol. The van der Waals surface area contributed by atoms with Crippen LogP contribution in [0.15, 0.2) is 48.7 Å². The van der Waals surface area contributed by atoms with Gasteiger partial charge in [0.05, 0.1) is 6.54 Å². The number of rotatable bonds is 5. The molecule has 2 aromatic rings. The summed E-state index contributed by atoms with van der Waals surface area (Å²) in [6.07, 6.45) is 2.39. The molecule has 1 unspecified atom stereocenters. The summed E-state index contributed by atoms with van der Waals surface area (Å²) in [4.78, 5) is 18.2. The Labute approximate surface area is 149 Å². The molecule has 5 nitrogen and oxygen atoms in total. The van der Waals surface area contributed by atoms with Gasteiger partial charge >= 0.3 is 6.03 Å². The molecule has 3 rings (SSSR count). The lowest BCUT2D eigenvalue weighted by molar-refractivity contribution is -0.000832. The topological polar surface area (TPSA) is 57.3 Å². The van der Waals surface area contributed by atoms with Crippen molar-refractivity contribution >= 4 is 11.8 Å². The fourth-order valence-electron chi connectivity index (χ4n) is 2.87. The van der Waals surface area contributed by atoms with Crippen molar-refractivity contribution in [3.05, 3.63) is 60.0 Å². The molecular weight excluding hydrogens is 345 g/mol. The van der Waals surface area contributed by atoms with Gasteiger partial charge in [0.1, 0.15) is 11.6 Å². The molecule has 2 N–H and O–H groups in total. The van der Waals surface area contributed by atoms with Gasteiger partial charge in [0.25, 0.3) is 5.92 Å². The van der Waals surface area contributed by atoms with E-state index in [4.69, 9.17) is 0 Å². The Morgan fingerprint density at radius 3 is 2.85 bits per heavy atom. The number of nitrogens with zero attached hydrogens (tertiary/aromatic N) is 2. The van der Waals surface area contributed by atoms with Gasteiger partial charge in [-0.2, -0.15) is 8.78 Å². The van der Waals surface area contributed by atoms with Gasteiger partial charge in [-0.05, 0) is 30.7 Å². The third-order valence-corrected chi connectivity index (χ3v) is 4.21. The van der Waals surface area contributed by atoms with Crippen molar-refractivity contribution in [1.29, 1.82) is 0 Å². The third kappa shape index (κ3) is 4.44. The monoisotopic (exact) mass is 364 g/mol. The number of halogens is 3. The molecule has 0 aliphatic carbocycles. The third-order valence-electron chi connectivity index (χ3n) is 4.21. The van der Waals surface area contributed by atoms with Gasteiger partial charge in [-0.25, -0.2) is 14.2 Å². The van der Waals surface area contributed by atoms with Crippen LogP contribution in [0.3, 0.4) is 0 Å². The summed E-state index contributed by atoms with van der Waals surface area (Å²) in [5.41, 5.74) is -0.472. The minimum Gasteiger partial charge on any atom is -0.354 e. The van der Waals surface area contributed by atoms with E-state index in [0.717, 1.165) is 30.6 Å². The number of urea groups is 1. The average Bonchev–Trinajstić information content (AvgIpc) is 3.09. The summed E-state index contributed by atoms with van der Waals surface area (Å²) in [6.45, 7) is 0.380. The van der Waals surface area contributed by atoms with Gasteiger partial charge in [-0.1, -0.05) is 18.2 Å². The van der Waals surface area contributed by atoms with E-state index >= 15 is 0 Å². The minimum atomic E-state index is -3.35. The summed E-state index contributed by atoms with van der Waals surface area (Å²) in [6, 6.07) is 8.95. The van der Waals surface area contributed by atoms with Crippen LogP contribution in [0.1, 0.15) is 12.0 Å². The van der Waals surface area contributed by atoms with E-state index in [1.807, 2.05) is 23.1 Å². The van der Waals surface area contributed by atoms with E-state index in [9.17, 15) is 18.0 Å². The van der Waals surface area contributed by atoms with Crippen LogP contribution in [-0.4, -0.2) is 36.7 Å². The van der Waals surface area contributed by atoms with E-state index in [1.165, 1.54) is 6.07 Å². The predicted octanol–water partition coefficient (Wildman–Crippen LogP) is 2.89. The van der Waals surface area contributed by atoms with E-state index in [1.54, 1.807) is 6.20 Å². The van der Waals surface area contributed by atoms with Crippen LogP contribution in [0.25, 0.3) is 0 Å². The van der Waals surface area contributed by atoms with Crippen LogP contribution in [0.4, 0.5) is 23.8 Å². The molecule has 8 heteroatoms. The number of benzene rings is 1. The second kappa shape index (κ2) is 7.63. The van der Waals surface area contributed by atoms with Crippen molar-refractivity contribution in [1.82, 2.24) is 15.6 Å². The molecule has 1 aromatic heterocycles. The Bertz CT molecular complexity index is 757. The number of nitrogens with one attached hydrogen (secondary N) is 2. The molecule has 26 heavy (non-hydrogen) atoms. The normalized spacial score (nSPS) is 17.2. The van der Waals surface area contributed by atoms with Crippen LogP contribution < -0.4 is 15.5 Å². The van der Waals surface area contributed by atoms with Crippen LogP contribution in [0.5, 0.6) is 0 Å².